The van der Waals surface area contributed by atoms with E-state index in [1.807, 2.05) is 55.4 Å². The van der Waals surface area contributed by atoms with Gasteiger partial charge >= 0.3 is 0 Å². The topological polar surface area (TPSA) is 60.4 Å². The Balaban J connectivity index is 2.29. The largest absolute Gasteiger partial charge is 0.299 e. The summed E-state index contributed by atoms with van der Waals surface area (Å²) in [5.41, 5.74) is -1.79. The number of ketones is 1. The molecule has 2 aliphatic carbocycles. The number of Topliss-reactive ketones (excluding diaryl/α,β-unsaturated/α-hetero) is 1. The molecule has 2 saturated carbocycles. The molecule has 2 bridgehead atoms. The summed E-state index contributed by atoms with van der Waals surface area (Å²) in [6.45, 7) is 15.7. The van der Waals surface area contributed by atoms with Gasteiger partial charge in [0.2, 0.25) is 0 Å². The number of hydrogen-bond donors (Lipinski definition) is 0. The third-order valence-corrected chi connectivity index (χ3v) is 7.50. The molecule has 2 aliphatic rings. The molecule has 0 aliphatic heterocycles. The Bertz CT molecular complexity index is 738. The van der Waals surface area contributed by atoms with Crippen molar-refractivity contribution in [2.75, 3.05) is 5.75 Å². The fraction of sp³-hybridized carbons (Fsp3) is 0.857. The average molecular weight is 383 g/mol. The highest BCUT2D eigenvalue weighted by Crippen LogP contribution is 2.64. The van der Waals surface area contributed by atoms with Crippen molar-refractivity contribution in [2.45, 2.75) is 80.8 Å². The van der Waals surface area contributed by atoms with Crippen molar-refractivity contribution >= 4 is 15.9 Å². The smallest absolute Gasteiger partial charge is 0.269 e. The Morgan fingerprint density at radius 3 is 2.15 bits per heavy atom. The molecule has 2 fully saturated rings. The number of hydrogen-bond acceptors (Lipinski definition) is 4. The maximum Gasteiger partial charge on any atom is 0.269 e. The van der Waals surface area contributed by atoms with Gasteiger partial charge in [-0.15, -0.1) is 0 Å². The average Bonchev–Trinajstić information content (AvgIpc) is 2.74. The summed E-state index contributed by atoms with van der Waals surface area (Å²) in [7, 11) is -3.89. The van der Waals surface area contributed by atoms with Crippen LogP contribution in [-0.4, -0.2) is 26.1 Å². The van der Waals surface area contributed by atoms with E-state index in [9.17, 15) is 13.2 Å². The lowest BCUT2D eigenvalue weighted by Gasteiger charge is -2.36. The molecule has 0 spiro atoms. The van der Waals surface area contributed by atoms with Gasteiger partial charge in [-0.05, 0) is 44.9 Å². The van der Waals surface area contributed by atoms with Crippen LogP contribution in [0.5, 0.6) is 0 Å². The highest BCUT2D eigenvalue weighted by molar-refractivity contribution is 7.86. The van der Waals surface area contributed by atoms with Crippen molar-refractivity contribution in [3.05, 3.63) is 0 Å². The van der Waals surface area contributed by atoms with Gasteiger partial charge in [-0.1, -0.05) is 46.5 Å². The Morgan fingerprint density at radius 1 is 1.19 bits per heavy atom. The molecule has 148 valence electrons. The zero-order valence-electron chi connectivity index (χ0n) is 17.5. The highest BCUT2D eigenvalue weighted by Gasteiger charge is 2.65. The Labute approximate surface area is 159 Å². The third-order valence-electron chi connectivity index (χ3n) is 6.17. The lowest BCUT2D eigenvalue weighted by Crippen LogP contribution is -2.44. The maximum absolute atomic E-state index is 12.9. The van der Waals surface area contributed by atoms with Crippen molar-refractivity contribution < 1.29 is 17.4 Å². The minimum atomic E-state index is -3.89. The Morgan fingerprint density at radius 2 is 1.77 bits per heavy atom. The summed E-state index contributed by atoms with van der Waals surface area (Å²) in [5, 5.41) is 0. The molecule has 0 N–H and O–H groups in total. The van der Waals surface area contributed by atoms with Crippen LogP contribution < -0.4 is 0 Å². The molecule has 0 unspecified atom stereocenters. The van der Waals surface area contributed by atoms with Gasteiger partial charge in [0.1, 0.15) is 11.9 Å². The molecule has 3 atom stereocenters. The Hall–Kier alpha value is -0.860. The molecular formula is C21H34O4S. The lowest BCUT2D eigenvalue weighted by atomic mass is 9.70. The van der Waals surface area contributed by atoms with Crippen LogP contribution in [0.25, 0.3) is 0 Å². The number of carbonyl (C=O) groups is 1. The number of fused-ring (bicyclic) bond motifs is 2. The van der Waals surface area contributed by atoms with E-state index >= 15 is 0 Å². The van der Waals surface area contributed by atoms with E-state index in [1.165, 1.54) is 0 Å². The maximum atomic E-state index is 12.9. The fourth-order valence-corrected chi connectivity index (χ4v) is 6.24. The van der Waals surface area contributed by atoms with E-state index in [0.29, 0.717) is 12.8 Å². The quantitative estimate of drug-likeness (QED) is 0.540. The van der Waals surface area contributed by atoms with Crippen LogP contribution in [0.15, 0.2) is 0 Å². The van der Waals surface area contributed by atoms with Gasteiger partial charge in [0.05, 0.1) is 11.2 Å². The Kier molecular flexibility index (Phi) is 5.23. The summed E-state index contributed by atoms with van der Waals surface area (Å²) in [5.74, 6) is 6.25. The van der Waals surface area contributed by atoms with Crippen molar-refractivity contribution in [1.29, 1.82) is 0 Å². The molecule has 0 saturated heterocycles. The first kappa shape index (κ1) is 21.4. The molecule has 2 rings (SSSR count). The summed E-state index contributed by atoms with van der Waals surface area (Å²) in [4.78, 5) is 12.6. The van der Waals surface area contributed by atoms with Crippen LogP contribution in [-0.2, 0) is 19.1 Å². The summed E-state index contributed by atoms with van der Waals surface area (Å²) in [6.07, 6.45) is 1.32. The molecule has 0 aromatic carbocycles. The second kappa shape index (κ2) is 6.34. The SMILES string of the molecule is CC(C)(C)C#C[C@@H](OS(=O)(=O)C[C@]12CC[C@@H](CC1=O)C2(C)C)C(C)(C)C. The minimum absolute atomic E-state index is 0.0824. The summed E-state index contributed by atoms with van der Waals surface area (Å²) >= 11 is 0. The van der Waals surface area contributed by atoms with E-state index in [-0.39, 0.29) is 28.3 Å². The zero-order valence-corrected chi connectivity index (χ0v) is 18.3. The van der Waals surface area contributed by atoms with E-state index in [1.54, 1.807) is 0 Å². The van der Waals surface area contributed by atoms with Gasteiger partial charge in [-0.25, -0.2) is 0 Å². The molecular weight excluding hydrogens is 348 g/mol. The van der Waals surface area contributed by atoms with Crippen LogP contribution in [0.4, 0.5) is 0 Å². The lowest BCUT2D eigenvalue weighted by molar-refractivity contribution is -0.128. The molecule has 5 heteroatoms. The van der Waals surface area contributed by atoms with Crippen LogP contribution in [0, 0.1) is 39.4 Å². The molecule has 0 aromatic rings. The van der Waals surface area contributed by atoms with Crippen LogP contribution in [0.3, 0.4) is 0 Å². The van der Waals surface area contributed by atoms with Gasteiger partial charge in [0, 0.05) is 17.3 Å². The van der Waals surface area contributed by atoms with Crippen molar-refractivity contribution in [2.24, 2.45) is 27.6 Å². The van der Waals surface area contributed by atoms with Crippen LogP contribution in [0.2, 0.25) is 0 Å². The molecule has 4 nitrogen and oxygen atoms in total. The van der Waals surface area contributed by atoms with Gasteiger partial charge in [0.15, 0.2) is 0 Å². The summed E-state index contributed by atoms with van der Waals surface area (Å²) in [6, 6.07) is 0. The van der Waals surface area contributed by atoms with Crippen molar-refractivity contribution in [1.82, 2.24) is 0 Å². The molecule has 0 amide bonds. The summed E-state index contributed by atoms with van der Waals surface area (Å²) < 4.78 is 31.5. The van der Waals surface area contributed by atoms with Crippen molar-refractivity contribution in [3.63, 3.8) is 0 Å². The molecule has 0 heterocycles. The van der Waals surface area contributed by atoms with E-state index in [0.717, 1.165) is 6.42 Å². The monoisotopic (exact) mass is 382 g/mol. The van der Waals surface area contributed by atoms with Gasteiger partial charge in [-0.3, -0.25) is 8.98 Å². The normalized spacial score (nSPS) is 29.4. The molecule has 0 aromatic heterocycles. The minimum Gasteiger partial charge on any atom is -0.299 e. The van der Waals surface area contributed by atoms with Gasteiger partial charge in [-0.2, -0.15) is 8.42 Å². The fourth-order valence-electron chi connectivity index (χ4n) is 4.26. The van der Waals surface area contributed by atoms with Gasteiger partial charge in [0.25, 0.3) is 10.1 Å². The predicted octanol–water partition coefficient (Wildman–Crippen LogP) is 4.19. The van der Waals surface area contributed by atoms with E-state index < -0.39 is 27.1 Å². The van der Waals surface area contributed by atoms with Crippen LogP contribution >= 0.6 is 0 Å². The predicted molar refractivity (Wildman–Crippen MR) is 104 cm³/mol. The first-order chi connectivity index (χ1) is 11.5. The number of carbonyl (C=O) groups excluding carboxylic acids is 1. The highest BCUT2D eigenvalue weighted by atomic mass is 32.2. The third kappa shape index (κ3) is 4.02. The molecule has 0 radical (unpaired) electrons. The second-order valence-electron chi connectivity index (χ2n) is 10.7. The second-order valence-corrected chi connectivity index (χ2v) is 12.3. The van der Waals surface area contributed by atoms with Crippen molar-refractivity contribution in [3.8, 4) is 11.8 Å². The van der Waals surface area contributed by atoms with E-state index in [2.05, 4.69) is 11.8 Å². The number of rotatable bonds is 4. The zero-order chi connectivity index (χ0) is 20.2. The molecule has 26 heavy (non-hydrogen) atoms. The van der Waals surface area contributed by atoms with Crippen LogP contribution in [0.1, 0.15) is 74.7 Å². The standard InChI is InChI=1S/C21H34O4S/c1-18(2,3)11-10-17(19(4,5)6)25-26(23,24)14-21-12-9-15(13-16(21)22)20(21,7)8/h15,17H,9,12-14H2,1-8H3/t15-,17+,21+/m0/s1. The van der Waals surface area contributed by atoms with Gasteiger partial charge < -0.3 is 0 Å². The first-order valence-corrected chi connectivity index (χ1v) is 11.0. The van der Waals surface area contributed by atoms with E-state index in [4.69, 9.17) is 4.18 Å². The first-order valence-electron chi connectivity index (χ1n) is 9.47.